The molecule has 1 fully saturated rings. The van der Waals surface area contributed by atoms with Crippen LogP contribution in [0.2, 0.25) is 0 Å². The molecule has 0 aliphatic carbocycles. The molecule has 1 aromatic carbocycles. The van der Waals surface area contributed by atoms with Gasteiger partial charge >= 0.3 is 0 Å². The van der Waals surface area contributed by atoms with Crippen molar-refractivity contribution in [1.82, 2.24) is 10.2 Å². The van der Waals surface area contributed by atoms with Crippen LogP contribution in [0.3, 0.4) is 0 Å². The summed E-state index contributed by atoms with van der Waals surface area (Å²) in [4.78, 5) is 2.45. The molecule has 1 heterocycles. The molecule has 0 bridgehead atoms. The van der Waals surface area contributed by atoms with Crippen molar-refractivity contribution in [2.75, 3.05) is 19.6 Å². The van der Waals surface area contributed by atoms with Gasteiger partial charge < -0.3 is 5.32 Å². The lowest BCUT2D eigenvalue weighted by molar-refractivity contribution is 0.117. The molecule has 0 amide bonds. The summed E-state index contributed by atoms with van der Waals surface area (Å²) in [6, 6.07) is 5.66. The number of nitrogens with zero attached hydrogens (tertiary/aromatic N) is 1. The average Bonchev–Trinajstić information content (AvgIpc) is 2.27. The van der Waals surface area contributed by atoms with Crippen LogP contribution in [0.1, 0.15) is 19.4 Å². The second-order valence-electron chi connectivity index (χ2n) is 5.26. The lowest BCUT2D eigenvalue weighted by atomic mass is 10.00. The maximum absolute atomic E-state index is 13.4. The van der Waals surface area contributed by atoms with Crippen molar-refractivity contribution in [2.24, 2.45) is 5.92 Å². The van der Waals surface area contributed by atoms with E-state index in [4.69, 9.17) is 0 Å². The minimum absolute atomic E-state index is 0.171. The van der Waals surface area contributed by atoms with E-state index in [1.807, 2.05) is 6.07 Å². The van der Waals surface area contributed by atoms with Gasteiger partial charge in [0.2, 0.25) is 0 Å². The Kier molecular flexibility index (Phi) is 4.76. The van der Waals surface area contributed by atoms with E-state index in [9.17, 15) is 4.39 Å². The highest BCUT2D eigenvalue weighted by atomic mass is 79.9. The average molecular weight is 315 g/mol. The highest BCUT2D eigenvalue weighted by Gasteiger charge is 2.24. The van der Waals surface area contributed by atoms with Gasteiger partial charge in [-0.3, -0.25) is 4.90 Å². The largest absolute Gasteiger partial charge is 0.314 e. The summed E-state index contributed by atoms with van der Waals surface area (Å²) in [5.74, 6) is 0.436. The second kappa shape index (κ2) is 6.13. The topological polar surface area (TPSA) is 15.3 Å². The fraction of sp³-hybridized carbons (Fsp3) is 0.571. The number of piperazine rings is 1. The van der Waals surface area contributed by atoms with E-state index in [0.29, 0.717) is 12.0 Å². The quantitative estimate of drug-likeness (QED) is 0.922. The molecule has 2 rings (SSSR count). The molecule has 1 N–H and O–H groups in total. The fourth-order valence-electron chi connectivity index (χ4n) is 2.56. The molecule has 1 aliphatic heterocycles. The predicted molar refractivity (Wildman–Crippen MR) is 76.0 cm³/mol. The summed E-state index contributed by atoms with van der Waals surface area (Å²) in [6.07, 6.45) is 0. The van der Waals surface area contributed by atoms with Crippen molar-refractivity contribution in [3.63, 3.8) is 0 Å². The minimum atomic E-state index is -0.171. The molecule has 4 heteroatoms. The van der Waals surface area contributed by atoms with Gasteiger partial charge in [-0.15, -0.1) is 0 Å². The molecule has 1 saturated heterocycles. The number of halogens is 2. The van der Waals surface area contributed by atoms with E-state index in [0.717, 1.165) is 36.2 Å². The van der Waals surface area contributed by atoms with Crippen molar-refractivity contribution in [3.8, 4) is 0 Å². The summed E-state index contributed by atoms with van der Waals surface area (Å²) in [7, 11) is 0. The van der Waals surface area contributed by atoms with Crippen LogP contribution in [0.5, 0.6) is 0 Å². The van der Waals surface area contributed by atoms with Gasteiger partial charge in [-0.1, -0.05) is 29.8 Å². The van der Waals surface area contributed by atoms with E-state index < -0.39 is 0 Å². The summed E-state index contributed by atoms with van der Waals surface area (Å²) < 4.78 is 14.2. The van der Waals surface area contributed by atoms with Crippen LogP contribution in [0.25, 0.3) is 0 Å². The number of hydrogen-bond acceptors (Lipinski definition) is 2. The highest BCUT2D eigenvalue weighted by Crippen LogP contribution is 2.20. The molecule has 0 spiro atoms. The molecular formula is C14H20BrFN2. The lowest BCUT2D eigenvalue weighted by Crippen LogP contribution is -2.52. The molecule has 0 radical (unpaired) electrons. The van der Waals surface area contributed by atoms with Gasteiger partial charge in [-0.25, -0.2) is 4.39 Å². The predicted octanol–water partition coefficient (Wildman–Crippen LogP) is 3.02. The summed E-state index contributed by atoms with van der Waals surface area (Å²) >= 11 is 3.35. The smallest absolute Gasteiger partial charge is 0.124 e. The van der Waals surface area contributed by atoms with E-state index >= 15 is 0 Å². The number of rotatable bonds is 3. The van der Waals surface area contributed by atoms with Gasteiger partial charge in [0.05, 0.1) is 0 Å². The fourth-order valence-corrected chi connectivity index (χ4v) is 3.07. The van der Waals surface area contributed by atoms with Gasteiger partial charge in [-0.05, 0) is 29.7 Å². The molecule has 0 aromatic heterocycles. The van der Waals surface area contributed by atoms with Crippen LogP contribution >= 0.6 is 15.9 Å². The Morgan fingerprint density at radius 1 is 1.44 bits per heavy atom. The van der Waals surface area contributed by atoms with Gasteiger partial charge in [0.1, 0.15) is 5.82 Å². The zero-order valence-electron chi connectivity index (χ0n) is 10.9. The normalized spacial score (nSPS) is 21.5. The number of nitrogens with one attached hydrogen (secondary N) is 1. The first kappa shape index (κ1) is 14.0. The molecule has 100 valence electrons. The maximum atomic E-state index is 13.4. The Labute approximate surface area is 117 Å². The number of benzene rings is 1. The van der Waals surface area contributed by atoms with Gasteiger partial charge in [-0.2, -0.15) is 0 Å². The Balaban J connectivity index is 2.10. The molecule has 1 aliphatic rings. The van der Waals surface area contributed by atoms with E-state index in [1.165, 1.54) is 6.07 Å². The lowest BCUT2D eigenvalue weighted by Gasteiger charge is -2.38. The van der Waals surface area contributed by atoms with Crippen LogP contribution in [-0.4, -0.2) is 30.6 Å². The second-order valence-corrected chi connectivity index (χ2v) is 6.18. The molecule has 1 aromatic rings. The third kappa shape index (κ3) is 3.53. The van der Waals surface area contributed by atoms with Gasteiger partial charge in [0.25, 0.3) is 0 Å². The van der Waals surface area contributed by atoms with Gasteiger partial charge in [0.15, 0.2) is 0 Å². The van der Waals surface area contributed by atoms with E-state index in [2.05, 4.69) is 40.0 Å². The van der Waals surface area contributed by atoms with Crippen molar-refractivity contribution in [1.29, 1.82) is 0 Å². The minimum Gasteiger partial charge on any atom is -0.314 e. The first-order valence-corrected chi connectivity index (χ1v) is 7.25. The standard InChI is InChI=1S/C14H20BrFN2/c1-10(2)14-8-17-3-4-18(14)9-11-5-12(15)7-13(16)6-11/h5-7,10,14,17H,3-4,8-9H2,1-2H3. The van der Waals surface area contributed by atoms with Crippen molar-refractivity contribution in [3.05, 3.63) is 34.1 Å². The van der Waals surface area contributed by atoms with Crippen LogP contribution in [0.15, 0.2) is 22.7 Å². The van der Waals surface area contributed by atoms with E-state index in [1.54, 1.807) is 6.07 Å². The first-order valence-electron chi connectivity index (χ1n) is 6.46. The third-order valence-electron chi connectivity index (χ3n) is 3.48. The third-order valence-corrected chi connectivity index (χ3v) is 3.93. The summed E-state index contributed by atoms with van der Waals surface area (Å²) in [5.41, 5.74) is 1.04. The Bertz CT molecular complexity index is 389. The Hall–Kier alpha value is -0.450. The van der Waals surface area contributed by atoms with Crippen LogP contribution in [0, 0.1) is 11.7 Å². The van der Waals surface area contributed by atoms with Crippen molar-refractivity contribution >= 4 is 15.9 Å². The van der Waals surface area contributed by atoms with Crippen LogP contribution in [-0.2, 0) is 6.54 Å². The number of hydrogen-bond donors (Lipinski definition) is 1. The first-order chi connectivity index (χ1) is 8.56. The Morgan fingerprint density at radius 2 is 2.22 bits per heavy atom. The monoisotopic (exact) mass is 314 g/mol. The van der Waals surface area contributed by atoms with Crippen molar-refractivity contribution < 1.29 is 4.39 Å². The van der Waals surface area contributed by atoms with E-state index in [-0.39, 0.29) is 5.82 Å². The molecule has 2 nitrogen and oxygen atoms in total. The zero-order valence-corrected chi connectivity index (χ0v) is 12.5. The summed E-state index contributed by atoms with van der Waals surface area (Å²) in [6.45, 7) is 8.37. The molecule has 1 atom stereocenters. The Morgan fingerprint density at radius 3 is 2.89 bits per heavy atom. The van der Waals surface area contributed by atoms with Crippen LogP contribution < -0.4 is 5.32 Å². The molecular weight excluding hydrogens is 295 g/mol. The molecule has 1 unspecified atom stereocenters. The highest BCUT2D eigenvalue weighted by molar-refractivity contribution is 9.10. The SMILES string of the molecule is CC(C)C1CNCCN1Cc1cc(F)cc(Br)c1. The molecule has 0 saturated carbocycles. The summed E-state index contributed by atoms with van der Waals surface area (Å²) in [5, 5.41) is 3.43. The maximum Gasteiger partial charge on any atom is 0.124 e. The van der Waals surface area contributed by atoms with Crippen molar-refractivity contribution in [2.45, 2.75) is 26.4 Å². The zero-order chi connectivity index (χ0) is 13.1. The van der Waals surface area contributed by atoms with Crippen LogP contribution in [0.4, 0.5) is 4.39 Å². The van der Waals surface area contributed by atoms with Gasteiger partial charge in [0, 0.05) is 36.7 Å². The molecule has 18 heavy (non-hydrogen) atoms.